The average Bonchev–Trinajstić information content (AvgIpc) is 2.34. The van der Waals surface area contributed by atoms with Gasteiger partial charge in [-0.2, -0.15) is 0 Å². The van der Waals surface area contributed by atoms with Gasteiger partial charge in [0, 0.05) is 0 Å². The highest BCUT2D eigenvalue weighted by Gasteiger charge is 2.02. The van der Waals surface area contributed by atoms with Gasteiger partial charge in [0.25, 0.3) is 0 Å². The van der Waals surface area contributed by atoms with Gasteiger partial charge < -0.3 is 0 Å². The van der Waals surface area contributed by atoms with Crippen LogP contribution >= 0.6 is 0 Å². The zero-order valence-electron chi connectivity index (χ0n) is 10.6. The molecule has 0 bridgehead atoms. The van der Waals surface area contributed by atoms with Crippen LogP contribution in [-0.4, -0.2) is 0 Å². The van der Waals surface area contributed by atoms with Crippen LogP contribution in [0.15, 0.2) is 48.5 Å². The minimum atomic E-state index is 0. The molecule has 108 valence electrons. The van der Waals surface area contributed by atoms with Crippen LogP contribution in [0.25, 0.3) is 11.1 Å². The summed E-state index contributed by atoms with van der Waals surface area (Å²) >= 11 is 0. The Hall–Kier alpha value is -1.56. The van der Waals surface area contributed by atoms with E-state index < -0.39 is 0 Å². The predicted octanol–water partition coefficient (Wildman–Crippen LogP) is 6.90. The molecular weight excluding hydrogens is 228 g/mol. The number of aryl methyl sites for hydroxylation is 2. The first-order valence-electron chi connectivity index (χ1n) is 5.90. The van der Waals surface area contributed by atoms with E-state index in [1.807, 2.05) is 13.8 Å². The molecule has 2 rings (SSSR count). The van der Waals surface area contributed by atoms with E-state index in [9.17, 15) is 0 Å². The van der Waals surface area contributed by atoms with E-state index in [0.29, 0.717) is 0 Å². The van der Waals surface area contributed by atoms with E-state index in [2.05, 4.69) is 62.4 Å². The third kappa shape index (κ3) is 5.74. The third-order valence-corrected chi connectivity index (χ3v) is 2.58. The summed E-state index contributed by atoms with van der Waals surface area (Å²) in [5, 5.41) is 0. The standard InChI is InChI=1S/C14H14.C2H6.3CH4/c1-11-7-3-5-9-13(11)14-10-6-4-8-12(14)2;1-2;;;/h3-10H,1-2H3;1-2H3;3*1H4. The maximum absolute atomic E-state index is 2.18. The van der Waals surface area contributed by atoms with Crippen molar-refractivity contribution < 1.29 is 0 Å². The molecule has 0 N–H and O–H groups in total. The second-order valence-corrected chi connectivity index (χ2v) is 3.63. The summed E-state index contributed by atoms with van der Waals surface area (Å²) in [6.45, 7) is 8.31. The molecule has 0 aliphatic heterocycles. The molecule has 2 aromatic rings. The highest BCUT2D eigenvalue weighted by Crippen LogP contribution is 2.25. The summed E-state index contributed by atoms with van der Waals surface area (Å²) in [5.41, 5.74) is 5.35. The van der Waals surface area contributed by atoms with Gasteiger partial charge in [0.15, 0.2) is 0 Å². The molecule has 0 heterocycles. The summed E-state index contributed by atoms with van der Waals surface area (Å²) in [6, 6.07) is 17.0. The van der Waals surface area contributed by atoms with Crippen LogP contribution in [0.4, 0.5) is 0 Å². The maximum atomic E-state index is 2.18. The summed E-state index contributed by atoms with van der Waals surface area (Å²) in [5.74, 6) is 0. The van der Waals surface area contributed by atoms with Crippen LogP contribution in [0, 0.1) is 13.8 Å². The summed E-state index contributed by atoms with van der Waals surface area (Å²) in [7, 11) is 0. The molecule has 0 aliphatic rings. The number of hydrogen-bond acceptors (Lipinski definition) is 0. The third-order valence-electron chi connectivity index (χ3n) is 2.58. The maximum Gasteiger partial charge on any atom is -0.0152 e. The first-order valence-corrected chi connectivity index (χ1v) is 5.90. The Balaban J connectivity index is -0.000000489. The Morgan fingerprint density at radius 2 is 0.789 bits per heavy atom. The van der Waals surface area contributed by atoms with Crippen LogP contribution in [0.3, 0.4) is 0 Å². The predicted molar refractivity (Wildman–Crippen MR) is 92.9 cm³/mol. The second kappa shape index (κ2) is 11.5. The van der Waals surface area contributed by atoms with E-state index >= 15 is 0 Å². The van der Waals surface area contributed by atoms with Gasteiger partial charge >= 0.3 is 0 Å². The highest BCUT2D eigenvalue weighted by molar-refractivity contribution is 5.70. The van der Waals surface area contributed by atoms with Crippen molar-refractivity contribution in [2.24, 2.45) is 0 Å². The van der Waals surface area contributed by atoms with Gasteiger partial charge in [0.1, 0.15) is 0 Å². The van der Waals surface area contributed by atoms with Crippen LogP contribution in [0.1, 0.15) is 47.3 Å². The average molecular weight is 260 g/mol. The first-order chi connectivity index (χ1) is 7.79. The lowest BCUT2D eigenvalue weighted by atomic mass is 9.97. The molecule has 0 radical (unpaired) electrons. The largest absolute Gasteiger partial charge is 0.0776 e. The smallest absolute Gasteiger partial charge is 0.0152 e. The van der Waals surface area contributed by atoms with Crippen molar-refractivity contribution in [3.05, 3.63) is 59.7 Å². The fraction of sp³-hybridized carbons (Fsp3) is 0.368. The minimum absolute atomic E-state index is 0. The molecule has 2 aromatic carbocycles. The van der Waals surface area contributed by atoms with Crippen LogP contribution in [0.2, 0.25) is 0 Å². The molecule has 0 fully saturated rings. The zero-order valence-corrected chi connectivity index (χ0v) is 10.6. The summed E-state index contributed by atoms with van der Waals surface area (Å²) in [6.07, 6.45) is 0. The van der Waals surface area contributed by atoms with E-state index in [0.717, 1.165) is 0 Å². The van der Waals surface area contributed by atoms with E-state index in [-0.39, 0.29) is 22.3 Å². The minimum Gasteiger partial charge on any atom is -0.0776 e. The van der Waals surface area contributed by atoms with Crippen molar-refractivity contribution in [3.8, 4) is 11.1 Å². The van der Waals surface area contributed by atoms with Crippen molar-refractivity contribution in [2.45, 2.75) is 50.0 Å². The first kappa shape index (κ1) is 22.6. The quantitative estimate of drug-likeness (QED) is 0.523. The van der Waals surface area contributed by atoms with Crippen LogP contribution in [-0.2, 0) is 0 Å². The Morgan fingerprint density at radius 1 is 0.526 bits per heavy atom. The van der Waals surface area contributed by atoms with Gasteiger partial charge in [-0.05, 0) is 36.1 Å². The lowest BCUT2D eigenvalue weighted by Crippen LogP contribution is -1.85. The Bertz CT molecular complexity index is 398. The molecule has 0 aromatic heterocycles. The topological polar surface area (TPSA) is 0 Å². The summed E-state index contributed by atoms with van der Waals surface area (Å²) in [4.78, 5) is 0. The van der Waals surface area contributed by atoms with Crippen molar-refractivity contribution in [1.29, 1.82) is 0 Å². The second-order valence-electron chi connectivity index (χ2n) is 3.63. The van der Waals surface area contributed by atoms with Gasteiger partial charge in [0.05, 0.1) is 0 Å². The Labute approximate surface area is 121 Å². The van der Waals surface area contributed by atoms with Crippen LogP contribution < -0.4 is 0 Å². The molecule has 0 saturated heterocycles. The van der Waals surface area contributed by atoms with Crippen molar-refractivity contribution in [1.82, 2.24) is 0 Å². The molecule has 19 heavy (non-hydrogen) atoms. The molecule has 0 amide bonds. The van der Waals surface area contributed by atoms with E-state index in [1.54, 1.807) is 0 Å². The van der Waals surface area contributed by atoms with Gasteiger partial charge in [-0.1, -0.05) is 84.7 Å². The highest BCUT2D eigenvalue weighted by atomic mass is 14.1. The van der Waals surface area contributed by atoms with Gasteiger partial charge in [-0.25, -0.2) is 0 Å². The zero-order chi connectivity index (χ0) is 12.0. The molecule has 0 heteroatoms. The molecule has 0 spiro atoms. The van der Waals surface area contributed by atoms with Crippen LogP contribution in [0.5, 0.6) is 0 Å². The van der Waals surface area contributed by atoms with E-state index in [1.165, 1.54) is 22.3 Å². The van der Waals surface area contributed by atoms with Crippen molar-refractivity contribution >= 4 is 0 Å². The monoisotopic (exact) mass is 260 g/mol. The van der Waals surface area contributed by atoms with Crippen molar-refractivity contribution in [2.75, 3.05) is 0 Å². The van der Waals surface area contributed by atoms with E-state index in [4.69, 9.17) is 0 Å². The molecule has 0 saturated carbocycles. The van der Waals surface area contributed by atoms with Gasteiger partial charge in [0.2, 0.25) is 0 Å². The van der Waals surface area contributed by atoms with Gasteiger partial charge in [-0.3, -0.25) is 0 Å². The molecule has 0 aliphatic carbocycles. The number of benzene rings is 2. The molecule has 0 unspecified atom stereocenters. The number of hydrogen-bond donors (Lipinski definition) is 0. The summed E-state index contributed by atoms with van der Waals surface area (Å²) < 4.78 is 0. The molecule has 0 nitrogen and oxygen atoms in total. The van der Waals surface area contributed by atoms with Gasteiger partial charge in [-0.15, -0.1) is 0 Å². The molecule has 0 atom stereocenters. The lowest BCUT2D eigenvalue weighted by molar-refractivity contribution is 1.41. The Morgan fingerprint density at radius 3 is 1.05 bits per heavy atom. The fourth-order valence-corrected chi connectivity index (χ4v) is 1.75. The Kier molecular flexibility index (Phi) is 13.7. The van der Waals surface area contributed by atoms with Crippen molar-refractivity contribution in [3.63, 3.8) is 0 Å². The fourth-order valence-electron chi connectivity index (χ4n) is 1.75. The number of rotatable bonds is 1. The molecular formula is C19H32. The lowest BCUT2D eigenvalue weighted by Gasteiger charge is -2.08. The SMILES string of the molecule is C.C.C.CC.Cc1ccccc1-c1ccccc1C. The normalized spacial score (nSPS) is 7.79.